The Morgan fingerprint density at radius 1 is 1.10 bits per heavy atom. The van der Waals surface area contributed by atoms with Gasteiger partial charge in [-0.3, -0.25) is 9.10 Å². The van der Waals surface area contributed by atoms with Gasteiger partial charge in [0.25, 0.3) is 0 Å². The molecule has 0 saturated carbocycles. The summed E-state index contributed by atoms with van der Waals surface area (Å²) in [5.41, 5.74) is 2.65. The summed E-state index contributed by atoms with van der Waals surface area (Å²) in [5, 5.41) is 2.84. The highest BCUT2D eigenvalue weighted by Crippen LogP contribution is 2.35. The van der Waals surface area contributed by atoms with E-state index in [0.29, 0.717) is 18.0 Å². The van der Waals surface area contributed by atoms with Gasteiger partial charge in [0, 0.05) is 12.6 Å². The first-order valence-electron chi connectivity index (χ1n) is 9.72. The zero-order valence-electron chi connectivity index (χ0n) is 18.1. The van der Waals surface area contributed by atoms with Crippen LogP contribution in [0.25, 0.3) is 0 Å². The summed E-state index contributed by atoms with van der Waals surface area (Å²) in [5.74, 6) is 0.416. The van der Waals surface area contributed by atoms with Crippen LogP contribution in [0.1, 0.15) is 24.5 Å². The topological polar surface area (TPSA) is 84.9 Å². The maximum absolute atomic E-state index is 12.7. The van der Waals surface area contributed by atoms with Gasteiger partial charge < -0.3 is 14.8 Å². The zero-order valence-corrected chi connectivity index (χ0v) is 19.0. The second-order valence-electron chi connectivity index (χ2n) is 7.15. The summed E-state index contributed by atoms with van der Waals surface area (Å²) < 4.78 is 36.7. The van der Waals surface area contributed by atoms with Crippen LogP contribution in [0.5, 0.6) is 11.5 Å². The maximum Gasteiger partial charge on any atom is 0.243 e. The van der Waals surface area contributed by atoms with E-state index in [4.69, 9.17) is 9.47 Å². The van der Waals surface area contributed by atoms with Crippen molar-refractivity contribution in [2.24, 2.45) is 0 Å². The van der Waals surface area contributed by atoms with Gasteiger partial charge in [-0.25, -0.2) is 8.42 Å². The Bertz CT molecular complexity index is 958. The number of nitrogens with zero attached hydrogens (tertiary/aromatic N) is 1. The molecule has 0 bridgehead atoms. The van der Waals surface area contributed by atoms with Crippen molar-refractivity contribution >= 4 is 21.6 Å². The predicted molar refractivity (Wildman–Crippen MR) is 119 cm³/mol. The predicted octanol–water partition coefficient (Wildman–Crippen LogP) is 2.92. The molecule has 0 heterocycles. The van der Waals surface area contributed by atoms with Crippen LogP contribution in [-0.4, -0.2) is 47.4 Å². The van der Waals surface area contributed by atoms with Crippen molar-refractivity contribution in [3.8, 4) is 11.5 Å². The lowest BCUT2D eigenvalue weighted by molar-refractivity contribution is -0.121. The van der Waals surface area contributed by atoms with Crippen LogP contribution in [0.4, 0.5) is 5.69 Å². The fraction of sp³-hybridized carbons (Fsp3) is 0.409. The normalized spacial score (nSPS) is 12.2. The number of carbonyl (C=O) groups is 1. The molecule has 0 aliphatic rings. The Kier molecular flexibility index (Phi) is 8.11. The van der Waals surface area contributed by atoms with Gasteiger partial charge in [-0.1, -0.05) is 29.8 Å². The van der Waals surface area contributed by atoms with Gasteiger partial charge in [0.2, 0.25) is 15.9 Å². The molecule has 2 aromatic rings. The molecule has 8 heteroatoms. The fourth-order valence-corrected chi connectivity index (χ4v) is 4.33. The van der Waals surface area contributed by atoms with Crippen molar-refractivity contribution in [1.82, 2.24) is 5.32 Å². The van der Waals surface area contributed by atoms with E-state index in [-0.39, 0.29) is 11.6 Å². The summed E-state index contributed by atoms with van der Waals surface area (Å²) in [7, 11) is -0.828. The first-order valence-corrected chi connectivity index (χ1v) is 11.6. The van der Waals surface area contributed by atoms with Crippen LogP contribution in [0.2, 0.25) is 0 Å². The molecule has 1 N–H and O–H groups in total. The van der Waals surface area contributed by atoms with Gasteiger partial charge in [0.1, 0.15) is 17.5 Å². The number of hydrogen-bond acceptors (Lipinski definition) is 5. The average molecular weight is 435 g/mol. The third-order valence-corrected chi connectivity index (χ3v) is 6.00. The molecule has 0 aliphatic carbocycles. The summed E-state index contributed by atoms with van der Waals surface area (Å²) in [6.45, 7) is 4.04. The maximum atomic E-state index is 12.7. The van der Waals surface area contributed by atoms with Gasteiger partial charge in [-0.2, -0.15) is 0 Å². The number of nitrogens with one attached hydrogen (secondary N) is 1. The van der Waals surface area contributed by atoms with E-state index in [9.17, 15) is 13.2 Å². The Balaban J connectivity index is 2.10. The van der Waals surface area contributed by atoms with E-state index in [0.717, 1.165) is 23.4 Å². The van der Waals surface area contributed by atoms with Crippen LogP contribution < -0.4 is 19.1 Å². The number of hydrogen-bond donors (Lipinski definition) is 1. The van der Waals surface area contributed by atoms with E-state index in [1.54, 1.807) is 25.1 Å². The van der Waals surface area contributed by atoms with E-state index >= 15 is 0 Å². The minimum absolute atomic E-state index is 0.252. The monoisotopic (exact) mass is 434 g/mol. The van der Waals surface area contributed by atoms with Crippen molar-refractivity contribution in [2.75, 3.05) is 31.3 Å². The van der Waals surface area contributed by atoms with Crippen molar-refractivity contribution in [2.45, 2.75) is 32.7 Å². The fourth-order valence-electron chi connectivity index (χ4n) is 3.16. The summed E-state index contributed by atoms with van der Waals surface area (Å²) in [4.78, 5) is 12.7. The number of benzene rings is 2. The van der Waals surface area contributed by atoms with E-state index < -0.39 is 16.1 Å². The second kappa shape index (κ2) is 10.3. The van der Waals surface area contributed by atoms with Gasteiger partial charge >= 0.3 is 0 Å². The number of methoxy groups -OCH3 is 2. The van der Waals surface area contributed by atoms with Crippen LogP contribution >= 0.6 is 0 Å². The summed E-state index contributed by atoms with van der Waals surface area (Å²) in [6.07, 6.45) is 2.64. The van der Waals surface area contributed by atoms with E-state index in [1.807, 2.05) is 6.92 Å². The number of rotatable bonds is 10. The first-order chi connectivity index (χ1) is 14.2. The summed E-state index contributed by atoms with van der Waals surface area (Å²) >= 11 is 0. The Morgan fingerprint density at radius 3 is 2.33 bits per heavy atom. The number of ether oxygens (including phenoxy) is 2. The molecule has 0 aromatic heterocycles. The van der Waals surface area contributed by atoms with Crippen LogP contribution in [0, 0.1) is 6.92 Å². The van der Waals surface area contributed by atoms with Crippen LogP contribution in [0.15, 0.2) is 42.5 Å². The SMILES string of the molecule is COc1ccc(OC)c(N([C@@H](C)C(=O)NCCCc2ccc(C)cc2)S(C)(=O)=O)c1. The number of amides is 1. The number of anilines is 1. The number of carbonyl (C=O) groups excluding carboxylic acids is 1. The third-order valence-electron chi connectivity index (χ3n) is 4.77. The molecule has 0 aliphatic heterocycles. The molecule has 2 aromatic carbocycles. The molecule has 2 rings (SSSR count). The van der Waals surface area contributed by atoms with Crippen molar-refractivity contribution in [1.29, 1.82) is 0 Å². The molecule has 0 saturated heterocycles. The smallest absolute Gasteiger partial charge is 0.243 e. The van der Waals surface area contributed by atoms with Gasteiger partial charge in [-0.05, 0) is 44.4 Å². The standard InChI is InChI=1S/C22H30N2O5S/c1-16-8-10-18(11-9-16)7-6-14-23-22(25)17(2)24(30(5,26)27)20-15-19(28-3)12-13-21(20)29-4/h8-13,15,17H,6-7,14H2,1-5H3,(H,23,25)/t17-/m0/s1. The molecular formula is C22H30N2O5S. The molecule has 0 spiro atoms. The number of sulfonamides is 1. The van der Waals surface area contributed by atoms with E-state index in [1.165, 1.54) is 25.3 Å². The van der Waals surface area contributed by atoms with Crippen molar-refractivity contribution < 1.29 is 22.7 Å². The minimum Gasteiger partial charge on any atom is -0.497 e. The Labute approximate surface area is 179 Å². The average Bonchev–Trinajstić information content (AvgIpc) is 2.71. The lowest BCUT2D eigenvalue weighted by Gasteiger charge is -2.29. The Morgan fingerprint density at radius 2 is 1.77 bits per heavy atom. The van der Waals surface area contributed by atoms with Crippen LogP contribution in [0.3, 0.4) is 0 Å². The highest BCUT2D eigenvalue weighted by Gasteiger charge is 2.31. The van der Waals surface area contributed by atoms with E-state index in [2.05, 4.69) is 29.6 Å². The lowest BCUT2D eigenvalue weighted by atomic mass is 10.1. The second-order valence-corrected chi connectivity index (χ2v) is 9.01. The molecule has 7 nitrogen and oxygen atoms in total. The lowest BCUT2D eigenvalue weighted by Crippen LogP contribution is -2.48. The van der Waals surface area contributed by atoms with Crippen molar-refractivity contribution in [3.63, 3.8) is 0 Å². The summed E-state index contributed by atoms with van der Waals surface area (Å²) in [6, 6.07) is 12.1. The molecule has 0 fully saturated rings. The molecule has 1 atom stereocenters. The molecule has 1 amide bonds. The Hall–Kier alpha value is -2.74. The molecule has 30 heavy (non-hydrogen) atoms. The first kappa shape index (κ1) is 23.5. The number of aryl methyl sites for hydroxylation is 2. The molecule has 0 unspecified atom stereocenters. The highest BCUT2D eigenvalue weighted by molar-refractivity contribution is 7.92. The minimum atomic E-state index is -3.76. The van der Waals surface area contributed by atoms with Crippen molar-refractivity contribution in [3.05, 3.63) is 53.6 Å². The third kappa shape index (κ3) is 6.13. The highest BCUT2D eigenvalue weighted by atomic mass is 32.2. The zero-order chi connectivity index (χ0) is 22.3. The largest absolute Gasteiger partial charge is 0.497 e. The van der Waals surface area contributed by atoms with Gasteiger partial charge in [0.15, 0.2) is 0 Å². The molecule has 164 valence electrons. The van der Waals surface area contributed by atoms with Crippen LogP contribution in [-0.2, 0) is 21.2 Å². The van der Waals surface area contributed by atoms with Gasteiger partial charge in [0.05, 0.1) is 26.2 Å². The quantitative estimate of drug-likeness (QED) is 0.581. The molecular weight excluding hydrogens is 404 g/mol. The van der Waals surface area contributed by atoms with Gasteiger partial charge in [-0.15, -0.1) is 0 Å². The molecule has 0 radical (unpaired) electrons.